The van der Waals surface area contributed by atoms with E-state index in [1.165, 1.54) is 29.7 Å². The van der Waals surface area contributed by atoms with E-state index < -0.39 is 5.82 Å². The molecule has 0 bridgehead atoms. The summed E-state index contributed by atoms with van der Waals surface area (Å²) in [6.45, 7) is 4.55. The molecule has 1 amide bonds. The van der Waals surface area contributed by atoms with Gasteiger partial charge < -0.3 is 10.1 Å². The Balaban J connectivity index is 1.57. The number of carbonyl (C=O) groups is 1. The number of halogens is 1. The van der Waals surface area contributed by atoms with E-state index in [4.69, 9.17) is 4.74 Å². The third-order valence-electron chi connectivity index (χ3n) is 4.36. The van der Waals surface area contributed by atoms with Crippen molar-refractivity contribution in [3.8, 4) is 5.75 Å². The molecule has 3 rings (SSSR count). The first kappa shape index (κ1) is 19.5. The highest BCUT2D eigenvalue weighted by atomic mass is 19.1. The van der Waals surface area contributed by atoms with Gasteiger partial charge in [-0.1, -0.05) is 44.2 Å². The Kier molecular flexibility index (Phi) is 6.03. The fraction of sp³-hybridized carbons (Fsp3) is 0.286. The van der Waals surface area contributed by atoms with Crippen LogP contribution >= 0.6 is 0 Å². The molecule has 1 heterocycles. The Labute approximate surface area is 163 Å². The number of anilines is 1. The summed E-state index contributed by atoms with van der Waals surface area (Å²) in [7, 11) is 1.42. The van der Waals surface area contributed by atoms with E-state index >= 15 is 0 Å². The number of hydrogen-bond acceptors (Lipinski definition) is 4. The van der Waals surface area contributed by atoms with Crippen molar-refractivity contribution in [3.05, 3.63) is 71.2 Å². The molecule has 28 heavy (non-hydrogen) atoms. The third kappa shape index (κ3) is 4.94. The highest BCUT2D eigenvalue weighted by molar-refractivity contribution is 5.91. The van der Waals surface area contributed by atoms with Crippen LogP contribution in [0.15, 0.2) is 48.7 Å². The molecule has 1 aromatic heterocycles. The molecule has 146 valence electrons. The molecule has 2 aromatic carbocycles. The lowest BCUT2D eigenvalue weighted by atomic mass is 10.0. The van der Waals surface area contributed by atoms with Crippen LogP contribution in [0, 0.1) is 5.82 Å². The number of ether oxygens (including phenoxy) is 1. The quantitative estimate of drug-likeness (QED) is 0.675. The van der Waals surface area contributed by atoms with Crippen LogP contribution in [0.3, 0.4) is 0 Å². The van der Waals surface area contributed by atoms with Crippen molar-refractivity contribution >= 4 is 11.7 Å². The van der Waals surface area contributed by atoms with Gasteiger partial charge in [0, 0.05) is 0 Å². The number of aromatic nitrogens is 3. The number of benzene rings is 2. The number of hydrogen-bond donors (Lipinski definition) is 1. The highest BCUT2D eigenvalue weighted by Gasteiger charge is 2.09. The zero-order valence-electron chi connectivity index (χ0n) is 16.1. The van der Waals surface area contributed by atoms with E-state index in [9.17, 15) is 9.18 Å². The minimum atomic E-state index is -0.441. The van der Waals surface area contributed by atoms with Gasteiger partial charge in [0.25, 0.3) is 0 Å². The van der Waals surface area contributed by atoms with Crippen LogP contribution in [0.2, 0.25) is 0 Å². The third-order valence-corrected chi connectivity index (χ3v) is 4.36. The Bertz CT molecular complexity index is 951. The largest absolute Gasteiger partial charge is 0.494 e. The maximum Gasteiger partial charge on any atom is 0.230 e. The van der Waals surface area contributed by atoms with Crippen molar-refractivity contribution < 1.29 is 13.9 Å². The molecule has 0 radical (unpaired) electrons. The van der Waals surface area contributed by atoms with Crippen molar-refractivity contribution in [2.24, 2.45) is 0 Å². The molecule has 3 aromatic rings. The fourth-order valence-electron chi connectivity index (χ4n) is 2.80. The predicted molar refractivity (Wildman–Crippen MR) is 105 cm³/mol. The second kappa shape index (κ2) is 8.65. The molecule has 7 heteroatoms. The summed E-state index contributed by atoms with van der Waals surface area (Å²) in [5, 5.41) is 11.1. The standard InChI is InChI=1S/C21H23FN4O2/c1-14(2)17-7-4-15(5-8-17)11-21(27)24-20-12-23-26(25-20)13-16-6-9-19(28-3)18(22)10-16/h4-10,12,14H,11,13H2,1-3H3,(H,24,25,27). The molecule has 1 N–H and O–H groups in total. The normalized spacial score (nSPS) is 10.9. The van der Waals surface area contributed by atoms with Crippen LogP contribution in [0.1, 0.15) is 36.5 Å². The first-order chi connectivity index (χ1) is 13.4. The van der Waals surface area contributed by atoms with Gasteiger partial charge in [-0.2, -0.15) is 9.90 Å². The van der Waals surface area contributed by atoms with Gasteiger partial charge in [0.15, 0.2) is 17.4 Å². The maximum atomic E-state index is 13.8. The van der Waals surface area contributed by atoms with Crippen molar-refractivity contribution in [2.75, 3.05) is 12.4 Å². The van der Waals surface area contributed by atoms with Crippen LogP contribution in [0.4, 0.5) is 10.2 Å². The van der Waals surface area contributed by atoms with Crippen molar-refractivity contribution in [1.29, 1.82) is 0 Å². The van der Waals surface area contributed by atoms with Crippen LogP contribution < -0.4 is 10.1 Å². The van der Waals surface area contributed by atoms with E-state index in [0.717, 1.165) is 5.56 Å². The summed E-state index contributed by atoms with van der Waals surface area (Å²) in [6, 6.07) is 12.7. The Morgan fingerprint density at radius 1 is 1.18 bits per heavy atom. The molecule has 6 nitrogen and oxygen atoms in total. The molecular weight excluding hydrogens is 359 g/mol. The number of rotatable bonds is 7. The predicted octanol–water partition coefficient (Wildman–Crippen LogP) is 3.78. The number of nitrogens with zero attached hydrogens (tertiary/aromatic N) is 3. The molecule has 0 fully saturated rings. The lowest BCUT2D eigenvalue weighted by molar-refractivity contribution is -0.115. The minimum Gasteiger partial charge on any atom is -0.494 e. The molecule has 0 aliphatic heterocycles. The van der Waals surface area contributed by atoms with Gasteiger partial charge in [0.2, 0.25) is 5.91 Å². The average Bonchev–Trinajstić information content (AvgIpc) is 3.09. The van der Waals surface area contributed by atoms with E-state index in [1.54, 1.807) is 12.1 Å². The number of methoxy groups -OCH3 is 1. The zero-order chi connectivity index (χ0) is 20.1. The van der Waals surface area contributed by atoms with E-state index in [-0.39, 0.29) is 24.6 Å². The van der Waals surface area contributed by atoms with Crippen molar-refractivity contribution in [1.82, 2.24) is 15.0 Å². The summed E-state index contributed by atoms with van der Waals surface area (Å²) >= 11 is 0. The molecule has 0 spiro atoms. The second-order valence-electron chi connectivity index (χ2n) is 6.85. The Morgan fingerprint density at radius 2 is 1.89 bits per heavy atom. The molecule has 0 aliphatic rings. The zero-order valence-corrected chi connectivity index (χ0v) is 16.1. The number of amides is 1. The average molecular weight is 382 g/mol. The topological polar surface area (TPSA) is 69.0 Å². The van der Waals surface area contributed by atoms with Crippen LogP contribution in [-0.4, -0.2) is 28.0 Å². The first-order valence-corrected chi connectivity index (χ1v) is 9.06. The van der Waals surface area contributed by atoms with Crippen LogP contribution in [0.25, 0.3) is 0 Å². The Hall–Kier alpha value is -3.22. The summed E-state index contributed by atoms with van der Waals surface area (Å²) in [4.78, 5) is 13.6. The second-order valence-corrected chi connectivity index (χ2v) is 6.85. The minimum absolute atomic E-state index is 0.167. The smallest absolute Gasteiger partial charge is 0.230 e. The summed E-state index contributed by atoms with van der Waals surface area (Å²) in [6.07, 6.45) is 1.73. The van der Waals surface area contributed by atoms with E-state index in [1.807, 2.05) is 24.3 Å². The molecule has 0 saturated carbocycles. The van der Waals surface area contributed by atoms with Gasteiger partial charge in [-0.05, 0) is 34.7 Å². The van der Waals surface area contributed by atoms with Gasteiger partial charge in [0.1, 0.15) is 0 Å². The van der Waals surface area contributed by atoms with Crippen molar-refractivity contribution in [2.45, 2.75) is 32.7 Å². The molecule has 0 atom stereocenters. The maximum absolute atomic E-state index is 13.8. The molecular formula is C21H23FN4O2. The molecule has 0 unspecified atom stereocenters. The highest BCUT2D eigenvalue weighted by Crippen LogP contribution is 2.18. The van der Waals surface area contributed by atoms with Gasteiger partial charge in [-0.25, -0.2) is 4.39 Å². The molecule has 0 aliphatic carbocycles. The lowest BCUT2D eigenvalue weighted by Gasteiger charge is -2.07. The van der Waals surface area contributed by atoms with Crippen molar-refractivity contribution in [3.63, 3.8) is 0 Å². The monoisotopic (exact) mass is 382 g/mol. The lowest BCUT2D eigenvalue weighted by Crippen LogP contribution is -2.15. The molecule has 0 saturated heterocycles. The Morgan fingerprint density at radius 3 is 2.54 bits per heavy atom. The number of carbonyl (C=O) groups excluding carboxylic acids is 1. The van der Waals surface area contributed by atoms with E-state index in [0.29, 0.717) is 17.3 Å². The fourth-order valence-corrected chi connectivity index (χ4v) is 2.80. The SMILES string of the molecule is COc1ccc(Cn2ncc(NC(=O)Cc3ccc(C(C)C)cc3)n2)cc1F. The van der Waals surface area contributed by atoms with Gasteiger partial charge in [-0.3, -0.25) is 4.79 Å². The van der Waals surface area contributed by atoms with Crippen LogP contribution in [-0.2, 0) is 17.8 Å². The van der Waals surface area contributed by atoms with Gasteiger partial charge >= 0.3 is 0 Å². The number of nitrogens with one attached hydrogen (secondary N) is 1. The summed E-state index contributed by atoms with van der Waals surface area (Å²) in [5.74, 6) is 0.394. The summed E-state index contributed by atoms with van der Waals surface area (Å²) in [5.41, 5.74) is 2.86. The van der Waals surface area contributed by atoms with E-state index in [2.05, 4.69) is 29.4 Å². The van der Waals surface area contributed by atoms with Crippen LogP contribution in [0.5, 0.6) is 5.75 Å². The van der Waals surface area contributed by atoms with Gasteiger partial charge in [-0.15, -0.1) is 5.10 Å². The summed E-state index contributed by atoms with van der Waals surface area (Å²) < 4.78 is 18.7. The van der Waals surface area contributed by atoms with Gasteiger partial charge in [0.05, 0.1) is 26.3 Å². The first-order valence-electron chi connectivity index (χ1n) is 9.06.